The van der Waals surface area contributed by atoms with Crippen LogP contribution >= 0.6 is 11.3 Å². The lowest BCUT2D eigenvalue weighted by Gasteiger charge is -2.27. The Balaban J connectivity index is 1.47. The highest BCUT2D eigenvalue weighted by Crippen LogP contribution is 2.34. The van der Waals surface area contributed by atoms with Crippen molar-refractivity contribution < 1.29 is 17.6 Å². The molecule has 1 aromatic carbocycles. The molecular weight excluding hydrogens is 432 g/mol. The second-order valence-electron chi connectivity index (χ2n) is 7.22. The number of alkyl halides is 3. The van der Waals surface area contributed by atoms with E-state index in [0.29, 0.717) is 35.7 Å². The third kappa shape index (κ3) is 4.68. The Hall–Kier alpha value is -3.01. The molecular formula is C21H18F4N4OS. The SMILES string of the molecule is Cc1cc(F)ccc1C1=CCN(c2ncn(Cc3ccc(C(F)(F)F)s3)c(=O)n2)CC1. The Morgan fingerprint density at radius 2 is 2.00 bits per heavy atom. The number of rotatable bonds is 4. The first-order valence-electron chi connectivity index (χ1n) is 9.50. The standard InChI is InChI=1S/C21H18F4N4OS/c1-13-10-15(22)2-4-17(13)14-6-8-28(9-7-14)19-26-12-29(20(30)27-19)11-16-3-5-18(31-16)21(23,24)25/h2-6,10,12H,7-9,11H2,1H3. The molecule has 0 atom stereocenters. The fourth-order valence-corrected chi connectivity index (χ4v) is 4.35. The predicted molar refractivity (Wildman–Crippen MR) is 111 cm³/mol. The van der Waals surface area contributed by atoms with Crippen LogP contribution in [0, 0.1) is 12.7 Å². The molecule has 1 aliphatic rings. The lowest BCUT2D eigenvalue weighted by Crippen LogP contribution is -2.34. The molecule has 0 spiro atoms. The molecule has 0 aliphatic carbocycles. The van der Waals surface area contributed by atoms with Gasteiger partial charge in [-0.2, -0.15) is 18.2 Å². The summed E-state index contributed by atoms with van der Waals surface area (Å²) in [5, 5.41) is 0. The van der Waals surface area contributed by atoms with Gasteiger partial charge in [0.15, 0.2) is 0 Å². The Bertz CT molecular complexity index is 1200. The van der Waals surface area contributed by atoms with Gasteiger partial charge in [-0.3, -0.25) is 4.57 Å². The summed E-state index contributed by atoms with van der Waals surface area (Å²) in [5.41, 5.74) is 2.38. The summed E-state index contributed by atoms with van der Waals surface area (Å²) < 4.78 is 52.7. The topological polar surface area (TPSA) is 51.0 Å². The maximum Gasteiger partial charge on any atom is 0.425 e. The summed E-state index contributed by atoms with van der Waals surface area (Å²) >= 11 is 0.594. The molecule has 0 saturated heterocycles. The van der Waals surface area contributed by atoms with E-state index in [0.717, 1.165) is 22.8 Å². The number of benzene rings is 1. The summed E-state index contributed by atoms with van der Waals surface area (Å²) in [4.78, 5) is 22.1. The molecule has 31 heavy (non-hydrogen) atoms. The first-order chi connectivity index (χ1) is 14.7. The van der Waals surface area contributed by atoms with Crippen molar-refractivity contribution in [3.63, 3.8) is 0 Å². The van der Waals surface area contributed by atoms with Crippen LogP contribution in [-0.4, -0.2) is 27.6 Å². The van der Waals surface area contributed by atoms with Crippen molar-refractivity contribution in [2.24, 2.45) is 0 Å². The summed E-state index contributed by atoms with van der Waals surface area (Å²) in [5.74, 6) is -0.0000301. The molecule has 0 bridgehead atoms. The lowest BCUT2D eigenvalue weighted by atomic mass is 9.95. The lowest BCUT2D eigenvalue weighted by molar-refractivity contribution is -0.134. The predicted octanol–water partition coefficient (Wildman–Crippen LogP) is 4.51. The van der Waals surface area contributed by atoms with Crippen LogP contribution in [0.25, 0.3) is 5.57 Å². The molecule has 3 aromatic rings. The Morgan fingerprint density at radius 1 is 1.19 bits per heavy atom. The number of anilines is 1. The molecule has 2 aromatic heterocycles. The largest absolute Gasteiger partial charge is 0.425 e. The average molecular weight is 450 g/mol. The number of hydrogen-bond donors (Lipinski definition) is 0. The molecule has 1 aliphatic heterocycles. The third-order valence-corrected chi connectivity index (χ3v) is 6.16. The molecule has 0 amide bonds. The number of thiophene rings is 1. The van der Waals surface area contributed by atoms with E-state index in [-0.39, 0.29) is 18.3 Å². The van der Waals surface area contributed by atoms with Gasteiger partial charge in [-0.1, -0.05) is 12.1 Å². The van der Waals surface area contributed by atoms with Crippen LogP contribution in [0.3, 0.4) is 0 Å². The van der Waals surface area contributed by atoms with Crippen LogP contribution in [0.2, 0.25) is 0 Å². The van der Waals surface area contributed by atoms with E-state index < -0.39 is 16.7 Å². The maximum absolute atomic E-state index is 13.3. The first kappa shape index (κ1) is 21.2. The number of nitrogens with zero attached hydrogens (tertiary/aromatic N) is 4. The number of halogens is 4. The van der Waals surface area contributed by atoms with Crippen LogP contribution in [0.15, 0.2) is 47.5 Å². The van der Waals surface area contributed by atoms with Crippen molar-refractivity contribution in [1.82, 2.24) is 14.5 Å². The van der Waals surface area contributed by atoms with Crippen molar-refractivity contribution >= 4 is 22.9 Å². The highest BCUT2D eigenvalue weighted by Gasteiger charge is 2.32. The Morgan fingerprint density at radius 3 is 2.61 bits per heavy atom. The molecule has 5 nitrogen and oxygen atoms in total. The second kappa shape index (κ2) is 8.26. The fraction of sp³-hybridized carbons (Fsp3) is 0.286. The van der Waals surface area contributed by atoms with E-state index >= 15 is 0 Å². The quantitative estimate of drug-likeness (QED) is 0.549. The van der Waals surface area contributed by atoms with Crippen molar-refractivity contribution in [3.05, 3.63) is 79.9 Å². The van der Waals surface area contributed by atoms with Gasteiger partial charge in [-0.05, 0) is 54.3 Å². The number of hydrogen-bond acceptors (Lipinski definition) is 5. The highest BCUT2D eigenvalue weighted by atomic mass is 32.1. The van der Waals surface area contributed by atoms with Gasteiger partial charge in [0.2, 0.25) is 5.95 Å². The average Bonchev–Trinajstić information content (AvgIpc) is 3.19. The van der Waals surface area contributed by atoms with Gasteiger partial charge >= 0.3 is 11.9 Å². The maximum atomic E-state index is 13.3. The van der Waals surface area contributed by atoms with Gasteiger partial charge in [-0.15, -0.1) is 11.3 Å². The van der Waals surface area contributed by atoms with Crippen LogP contribution in [0.1, 0.15) is 27.3 Å². The van der Waals surface area contributed by atoms with E-state index in [1.165, 1.54) is 29.1 Å². The van der Waals surface area contributed by atoms with Gasteiger partial charge in [0.1, 0.15) is 17.0 Å². The van der Waals surface area contributed by atoms with Crippen LogP contribution in [0.4, 0.5) is 23.5 Å². The second-order valence-corrected chi connectivity index (χ2v) is 8.38. The molecule has 0 fully saturated rings. The van der Waals surface area contributed by atoms with Gasteiger partial charge in [0.05, 0.1) is 6.54 Å². The zero-order valence-electron chi connectivity index (χ0n) is 16.5. The molecule has 0 saturated carbocycles. The van der Waals surface area contributed by atoms with Gasteiger partial charge < -0.3 is 4.90 Å². The van der Waals surface area contributed by atoms with E-state index in [1.54, 1.807) is 6.07 Å². The molecule has 0 radical (unpaired) electrons. The van der Waals surface area contributed by atoms with Gasteiger partial charge in [0.25, 0.3) is 0 Å². The smallest absolute Gasteiger partial charge is 0.337 e. The first-order valence-corrected chi connectivity index (χ1v) is 10.3. The van der Waals surface area contributed by atoms with Crippen molar-refractivity contribution in [2.75, 3.05) is 18.0 Å². The Kier molecular flexibility index (Phi) is 5.65. The fourth-order valence-electron chi connectivity index (χ4n) is 3.48. The summed E-state index contributed by atoms with van der Waals surface area (Å²) in [6.07, 6.45) is -0.403. The molecule has 4 rings (SSSR count). The zero-order chi connectivity index (χ0) is 22.2. The highest BCUT2D eigenvalue weighted by molar-refractivity contribution is 7.12. The molecule has 0 N–H and O–H groups in total. The Labute approximate surface area is 179 Å². The van der Waals surface area contributed by atoms with Gasteiger partial charge in [-0.25, -0.2) is 14.2 Å². The summed E-state index contributed by atoms with van der Waals surface area (Å²) in [7, 11) is 0. The summed E-state index contributed by atoms with van der Waals surface area (Å²) in [6, 6.07) is 7.04. The summed E-state index contributed by atoms with van der Waals surface area (Å²) in [6.45, 7) is 2.93. The number of aromatic nitrogens is 3. The van der Waals surface area contributed by atoms with Crippen molar-refractivity contribution in [1.29, 1.82) is 0 Å². The minimum atomic E-state index is -4.40. The molecule has 3 heterocycles. The van der Waals surface area contributed by atoms with Crippen molar-refractivity contribution in [2.45, 2.75) is 26.1 Å². The normalized spacial score (nSPS) is 14.6. The monoisotopic (exact) mass is 450 g/mol. The molecule has 10 heteroatoms. The zero-order valence-corrected chi connectivity index (χ0v) is 17.3. The van der Waals surface area contributed by atoms with Crippen LogP contribution < -0.4 is 10.6 Å². The minimum absolute atomic E-state index is 0.0201. The van der Waals surface area contributed by atoms with Crippen molar-refractivity contribution in [3.8, 4) is 0 Å². The van der Waals surface area contributed by atoms with E-state index in [4.69, 9.17) is 0 Å². The molecule has 162 valence electrons. The number of aryl methyl sites for hydroxylation is 1. The van der Waals surface area contributed by atoms with Gasteiger partial charge in [0, 0.05) is 18.0 Å². The minimum Gasteiger partial charge on any atom is -0.337 e. The molecule has 0 unspecified atom stereocenters. The van der Waals surface area contributed by atoms with E-state index in [9.17, 15) is 22.4 Å². The van der Waals surface area contributed by atoms with Crippen LogP contribution in [-0.2, 0) is 12.7 Å². The van der Waals surface area contributed by atoms with E-state index in [2.05, 4.69) is 9.97 Å². The van der Waals surface area contributed by atoms with E-state index in [1.807, 2.05) is 17.9 Å². The van der Waals surface area contributed by atoms with Crippen LogP contribution in [0.5, 0.6) is 0 Å². The third-order valence-electron chi connectivity index (χ3n) is 5.05.